The van der Waals surface area contributed by atoms with Crippen LogP contribution in [0.15, 0.2) is 4.99 Å². The summed E-state index contributed by atoms with van der Waals surface area (Å²) in [5, 5.41) is 0. The smallest absolute Gasteiger partial charge is 0.211 e. The molecule has 0 spiro atoms. The zero-order chi connectivity index (χ0) is 9.61. The Balaban J connectivity index is 3.78. The molecule has 0 N–H and O–H groups in total. The molecule has 0 saturated heterocycles. The molecule has 0 rings (SSSR count). The molecule has 0 aromatic heterocycles. The standard InChI is InChI=1S/C8H13F2NO/c1-7(2)5-8(9,10)3-4-11-6-12/h7H,3-5H2,1-2H3. The van der Waals surface area contributed by atoms with Crippen molar-refractivity contribution in [3.8, 4) is 0 Å². The van der Waals surface area contributed by atoms with Gasteiger partial charge in [0.2, 0.25) is 12.0 Å². The predicted octanol–water partition coefficient (Wildman–Crippen LogP) is 2.39. The Kier molecular flexibility index (Phi) is 4.67. The van der Waals surface area contributed by atoms with E-state index < -0.39 is 5.92 Å². The van der Waals surface area contributed by atoms with Gasteiger partial charge in [-0.05, 0) is 5.92 Å². The maximum atomic E-state index is 12.8. The predicted molar refractivity (Wildman–Crippen MR) is 42.0 cm³/mol. The molecule has 0 heterocycles. The van der Waals surface area contributed by atoms with Crippen LogP contribution in [0.4, 0.5) is 8.78 Å². The largest absolute Gasteiger partial charge is 0.250 e. The topological polar surface area (TPSA) is 29.4 Å². The van der Waals surface area contributed by atoms with Gasteiger partial charge in [0.05, 0.1) is 6.54 Å². The second-order valence-corrected chi connectivity index (χ2v) is 3.18. The first kappa shape index (κ1) is 11.2. The summed E-state index contributed by atoms with van der Waals surface area (Å²) in [4.78, 5) is 12.7. The Morgan fingerprint density at radius 3 is 2.50 bits per heavy atom. The third-order valence-corrected chi connectivity index (χ3v) is 1.36. The van der Waals surface area contributed by atoms with Crippen molar-refractivity contribution in [3.63, 3.8) is 0 Å². The Bertz CT molecular complexity index is 174. The van der Waals surface area contributed by atoms with Crippen LogP contribution in [0.1, 0.15) is 26.7 Å². The minimum atomic E-state index is -2.70. The van der Waals surface area contributed by atoms with Gasteiger partial charge < -0.3 is 0 Å². The maximum absolute atomic E-state index is 12.8. The van der Waals surface area contributed by atoms with Gasteiger partial charge in [0, 0.05) is 12.8 Å². The van der Waals surface area contributed by atoms with E-state index in [2.05, 4.69) is 4.99 Å². The van der Waals surface area contributed by atoms with E-state index in [1.54, 1.807) is 13.8 Å². The van der Waals surface area contributed by atoms with Gasteiger partial charge in [-0.2, -0.15) is 0 Å². The molecule has 0 fully saturated rings. The first-order chi connectivity index (χ1) is 5.48. The molecular weight excluding hydrogens is 164 g/mol. The number of rotatable bonds is 5. The quantitative estimate of drug-likeness (QED) is 0.468. The van der Waals surface area contributed by atoms with Crippen molar-refractivity contribution in [2.45, 2.75) is 32.6 Å². The summed E-state index contributed by atoms with van der Waals surface area (Å²) in [6.45, 7) is 3.33. The van der Waals surface area contributed by atoms with Crippen LogP contribution in [0.25, 0.3) is 0 Å². The fourth-order valence-corrected chi connectivity index (χ4v) is 0.964. The van der Waals surface area contributed by atoms with Crippen LogP contribution in [-0.2, 0) is 4.79 Å². The monoisotopic (exact) mass is 177 g/mol. The molecule has 0 aromatic carbocycles. The molecule has 0 aromatic rings. The highest BCUT2D eigenvalue weighted by Crippen LogP contribution is 2.26. The van der Waals surface area contributed by atoms with E-state index in [0.29, 0.717) is 0 Å². The number of hydrogen-bond acceptors (Lipinski definition) is 2. The highest BCUT2D eigenvalue weighted by Gasteiger charge is 2.28. The first-order valence-corrected chi connectivity index (χ1v) is 3.89. The number of alkyl halides is 2. The summed E-state index contributed by atoms with van der Waals surface area (Å²) >= 11 is 0. The summed E-state index contributed by atoms with van der Waals surface area (Å²) in [5.74, 6) is -2.74. The van der Waals surface area contributed by atoms with Gasteiger partial charge in [0.1, 0.15) is 0 Å². The van der Waals surface area contributed by atoms with Crippen LogP contribution in [0.3, 0.4) is 0 Å². The third-order valence-electron chi connectivity index (χ3n) is 1.36. The van der Waals surface area contributed by atoms with Gasteiger partial charge in [-0.3, -0.25) is 0 Å². The van der Waals surface area contributed by atoms with Gasteiger partial charge in [-0.15, -0.1) is 0 Å². The zero-order valence-electron chi connectivity index (χ0n) is 7.31. The summed E-state index contributed by atoms with van der Waals surface area (Å²) in [6, 6.07) is 0. The molecule has 70 valence electrons. The zero-order valence-corrected chi connectivity index (χ0v) is 7.31. The molecule has 0 aliphatic carbocycles. The Morgan fingerprint density at radius 2 is 2.08 bits per heavy atom. The van der Waals surface area contributed by atoms with E-state index in [1.165, 1.54) is 6.08 Å². The van der Waals surface area contributed by atoms with Crippen molar-refractivity contribution < 1.29 is 13.6 Å². The Morgan fingerprint density at radius 1 is 1.50 bits per heavy atom. The van der Waals surface area contributed by atoms with Crippen molar-refractivity contribution in [1.82, 2.24) is 0 Å². The van der Waals surface area contributed by atoms with Gasteiger partial charge >= 0.3 is 0 Å². The van der Waals surface area contributed by atoms with Gasteiger partial charge in [0.25, 0.3) is 0 Å². The Hall–Kier alpha value is -0.760. The highest BCUT2D eigenvalue weighted by molar-refractivity contribution is 5.32. The van der Waals surface area contributed by atoms with Crippen LogP contribution in [0.5, 0.6) is 0 Å². The van der Waals surface area contributed by atoms with Crippen LogP contribution in [0.2, 0.25) is 0 Å². The van der Waals surface area contributed by atoms with Crippen molar-refractivity contribution in [2.24, 2.45) is 10.9 Å². The van der Waals surface area contributed by atoms with E-state index in [1.807, 2.05) is 0 Å². The highest BCUT2D eigenvalue weighted by atomic mass is 19.3. The van der Waals surface area contributed by atoms with Crippen molar-refractivity contribution in [1.29, 1.82) is 0 Å². The van der Waals surface area contributed by atoms with Gasteiger partial charge in [-0.1, -0.05) is 13.8 Å². The average Bonchev–Trinajstić information content (AvgIpc) is 1.84. The molecule has 12 heavy (non-hydrogen) atoms. The number of hydrogen-bond donors (Lipinski definition) is 0. The van der Waals surface area contributed by atoms with Crippen LogP contribution >= 0.6 is 0 Å². The van der Waals surface area contributed by atoms with Crippen molar-refractivity contribution >= 4 is 6.08 Å². The first-order valence-electron chi connectivity index (χ1n) is 3.89. The summed E-state index contributed by atoms with van der Waals surface area (Å²) in [5.41, 5.74) is 0. The van der Waals surface area contributed by atoms with Gasteiger partial charge in [-0.25, -0.2) is 18.6 Å². The molecule has 0 atom stereocenters. The SMILES string of the molecule is CC(C)CC(F)(F)CCN=C=O. The average molecular weight is 177 g/mol. The summed E-state index contributed by atoms with van der Waals surface area (Å²) in [6.07, 6.45) is 0.723. The van der Waals surface area contributed by atoms with E-state index >= 15 is 0 Å². The lowest BCUT2D eigenvalue weighted by atomic mass is 10.0. The molecule has 0 radical (unpaired) electrons. The number of isocyanates is 1. The molecule has 2 nitrogen and oxygen atoms in total. The van der Waals surface area contributed by atoms with Gasteiger partial charge in [0.15, 0.2) is 0 Å². The third kappa shape index (κ3) is 5.98. The molecule has 0 aliphatic heterocycles. The number of aliphatic imine (C=N–C) groups is 1. The lowest BCUT2D eigenvalue weighted by Gasteiger charge is -2.16. The normalized spacial score (nSPS) is 11.4. The maximum Gasteiger partial charge on any atom is 0.250 e. The Labute approximate surface area is 70.7 Å². The minimum absolute atomic E-state index is 0.0415. The fourth-order valence-electron chi connectivity index (χ4n) is 0.964. The molecule has 0 saturated carbocycles. The molecule has 0 amide bonds. The van der Waals surface area contributed by atoms with Crippen LogP contribution in [0, 0.1) is 5.92 Å². The number of carbonyl (C=O) groups excluding carboxylic acids is 1. The second kappa shape index (κ2) is 4.99. The summed E-state index contributed by atoms with van der Waals surface area (Å²) in [7, 11) is 0. The van der Waals surface area contributed by atoms with E-state index in [-0.39, 0.29) is 25.3 Å². The van der Waals surface area contributed by atoms with E-state index in [9.17, 15) is 13.6 Å². The molecular formula is C8H13F2NO. The lowest BCUT2D eigenvalue weighted by molar-refractivity contribution is -0.0244. The molecule has 0 aliphatic rings. The minimum Gasteiger partial charge on any atom is -0.211 e. The fraction of sp³-hybridized carbons (Fsp3) is 0.875. The van der Waals surface area contributed by atoms with Crippen molar-refractivity contribution in [2.75, 3.05) is 6.54 Å². The van der Waals surface area contributed by atoms with E-state index in [0.717, 1.165) is 0 Å². The van der Waals surface area contributed by atoms with Crippen LogP contribution in [-0.4, -0.2) is 18.5 Å². The number of halogens is 2. The lowest BCUT2D eigenvalue weighted by Crippen LogP contribution is -2.19. The van der Waals surface area contributed by atoms with Crippen LogP contribution < -0.4 is 0 Å². The summed E-state index contributed by atoms with van der Waals surface area (Å²) < 4.78 is 25.6. The van der Waals surface area contributed by atoms with Crippen molar-refractivity contribution in [3.05, 3.63) is 0 Å². The molecule has 4 heteroatoms. The molecule has 0 unspecified atom stereocenters. The van der Waals surface area contributed by atoms with E-state index in [4.69, 9.17) is 0 Å². The molecule has 0 bridgehead atoms. The second-order valence-electron chi connectivity index (χ2n) is 3.18. The number of nitrogens with zero attached hydrogens (tertiary/aromatic N) is 1.